The molecule has 0 aliphatic heterocycles. The second-order valence-electron chi connectivity index (χ2n) is 2.60. The van der Waals surface area contributed by atoms with E-state index in [2.05, 4.69) is 10.2 Å². The fourth-order valence-electron chi connectivity index (χ4n) is 1.16. The first-order chi connectivity index (χ1) is 5.81. The standard InChI is InChI=1S/C8H8FN3/c9-8-6-3-5(4-10)1-2-7(6)11-12-8/h1-3H,4,10H2,(H,11,12). The summed E-state index contributed by atoms with van der Waals surface area (Å²) in [6, 6.07) is 5.32. The SMILES string of the molecule is NCc1ccc2[nH]nc(F)c2c1. The van der Waals surface area contributed by atoms with Gasteiger partial charge in [-0.05, 0) is 17.7 Å². The summed E-state index contributed by atoms with van der Waals surface area (Å²) in [5.41, 5.74) is 7.01. The molecule has 0 bridgehead atoms. The van der Waals surface area contributed by atoms with Gasteiger partial charge < -0.3 is 5.73 Å². The molecule has 2 rings (SSSR count). The number of H-pyrrole nitrogens is 1. The van der Waals surface area contributed by atoms with E-state index in [1.807, 2.05) is 6.07 Å². The summed E-state index contributed by atoms with van der Waals surface area (Å²) in [7, 11) is 0. The van der Waals surface area contributed by atoms with E-state index in [1.54, 1.807) is 12.1 Å². The number of benzene rings is 1. The molecule has 2 aromatic rings. The molecular weight excluding hydrogens is 157 g/mol. The predicted molar refractivity (Wildman–Crippen MR) is 43.9 cm³/mol. The highest BCUT2D eigenvalue weighted by Gasteiger charge is 2.03. The Morgan fingerprint density at radius 2 is 2.33 bits per heavy atom. The molecule has 0 saturated heterocycles. The van der Waals surface area contributed by atoms with Crippen LogP contribution in [0.3, 0.4) is 0 Å². The maximum absolute atomic E-state index is 12.9. The zero-order valence-corrected chi connectivity index (χ0v) is 6.34. The van der Waals surface area contributed by atoms with Crippen LogP contribution in [0.5, 0.6) is 0 Å². The van der Waals surface area contributed by atoms with E-state index < -0.39 is 5.95 Å². The molecule has 1 heterocycles. The summed E-state index contributed by atoms with van der Waals surface area (Å²) in [5.74, 6) is -0.472. The third-order valence-corrected chi connectivity index (χ3v) is 1.82. The number of aromatic nitrogens is 2. The summed E-state index contributed by atoms with van der Waals surface area (Å²) in [4.78, 5) is 0. The molecule has 0 fully saturated rings. The number of nitrogens with two attached hydrogens (primary N) is 1. The van der Waals surface area contributed by atoms with Gasteiger partial charge in [-0.2, -0.15) is 4.39 Å². The van der Waals surface area contributed by atoms with Crippen molar-refractivity contribution in [1.29, 1.82) is 0 Å². The molecule has 4 heteroatoms. The Morgan fingerprint density at radius 1 is 1.50 bits per heavy atom. The van der Waals surface area contributed by atoms with Crippen molar-refractivity contribution >= 4 is 10.9 Å². The fourth-order valence-corrected chi connectivity index (χ4v) is 1.16. The van der Waals surface area contributed by atoms with Crippen molar-refractivity contribution in [1.82, 2.24) is 10.2 Å². The number of nitrogens with one attached hydrogen (secondary N) is 1. The first kappa shape index (κ1) is 7.24. The molecule has 0 atom stereocenters. The number of rotatable bonds is 1. The molecule has 3 nitrogen and oxygen atoms in total. The zero-order chi connectivity index (χ0) is 8.55. The van der Waals surface area contributed by atoms with E-state index >= 15 is 0 Å². The highest BCUT2D eigenvalue weighted by atomic mass is 19.1. The first-order valence-corrected chi connectivity index (χ1v) is 3.64. The van der Waals surface area contributed by atoms with Crippen LogP contribution in [-0.4, -0.2) is 10.2 Å². The topological polar surface area (TPSA) is 54.7 Å². The van der Waals surface area contributed by atoms with Crippen molar-refractivity contribution in [2.24, 2.45) is 5.73 Å². The van der Waals surface area contributed by atoms with Crippen LogP contribution in [0.4, 0.5) is 4.39 Å². The largest absolute Gasteiger partial charge is 0.326 e. The van der Waals surface area contributed by atoms with Crippen molar-refractivity contribution in [3.05, 3.63) is 29.7 Å². The third-order valence-electron chi connectivity index (χ3n) is 1.82. The minimum absolute atomic E-state index is 0.417. The number of hydrogen-bond donors (Lipinski definition) is 2. The van der Waals surface area contributed by atoms with Gasteiger partial charge in [0.25, 0.3) is 0 Å². The van der Waals surface area contributed by atoms with Gasteiger partial charge in [0, 0.05) is 6.54 Å². The highest BCUT2D eigenvalue weighted by Crippen LogP contribution is 2.15. The van der Waals surface area contributed by atoms with Crippen molar-refractivity contribution in [3.8, 4) is 0 Å². The molecule has 62 valence electrons. The quantitative estimate of drug-likeness (QED) is 0.666. The lowest BCUT2D eigenvalue weighted by Gasteiger charge is -1.94. The van der Waals surface area contributed by atoms with E-state index in [-0.39, 0.29) is 0 Å². The van der Waals surface area contributed by atoms with Gasteiger partial charge >= 0.3 is 0 Å². The van der Waals surface area contributed by atoms with Crippen LogP contribution in [0.2, 0.25) is 0 Å². The van der Waals surface area contributed by atoms with Gasteiger partial charge in [-0.1, -0.05) is 6.07 Å². The van der Waals surface area contributed by atoms with Crippen LogP contribution in [0.1, 0.15) is 5.56 Å². The van der Waals surface area contributed by atoms with E-state index in [0.717, 1.165) is 5.56 Å². The van der Waals surface area contributed by atoms with Crippen LogP contribution >= 0.6 is 0 Å². The molecule has 12 heavy (non-hydrogen) atoms. The average Bonchev–Trinajstić information content (AvgIpc) is 2.47. The summed E-state index contributed by atoms with van der Waals surface area (Å²) in [5, 5.41) is 6.51. The van der Waals surface area contributed by atoms with Crippen LogP contribution in [0, 0.1) is 5.95 Å². The Labute approximate surface area is 68.4 Å². The molecule has 0 amide bonds. The monoisotopic (exact) mass is 165 g/mol. The molecule has 0 saturated carbocycles. The number of aromatic amines is 1. The van der Waals surface area contributed by atoms with Gasteiger partial charge in [-0.3, -0.25) is 5.10 Å². The molecule has 0 aliphatic rings. The van der Waals surface area contributed by atoms with E-state index in [4.69, 9.17) is 5.73 Å². The highest BCUT2D eigenvalue weighted by molar-refractivity contribution is 5.79. The smallest absolute Gasteiger partial charge is 0.240 e. The predicted octanol–water partition coefficient (Wildman–Crippen LogP) is 1.16. The lowest BCUT2D eigenvalue weighted by molar-refractivity contribution is 0.588. The van der Waals surface area contributed by atoms with E-state index in [1.165, 1.54) is 0 Å². The van der Waals surface area contributed by atoms with Crippen molar-refractivity contribution in [2.45, 2.75) is 6.54 Å². The maximum atomic E-state index is 12.9. The molecule has 0 aliphatic carbocycles. The summed E-state index contributed by atoms with van der Waals surface area (Å²) in [6.07, 6.45) is 0. The summed E-state index contributed by atoms with van der Waals surface area (Å²) in [6.45, 7) is 0.417. The summed E-state index contributed by atoms with van der Waals surface area (Å²) < 4.78 is 12.9. The molecular formula is C8H8FN3. The Bertz CT molecular complexity index is 408. The van der Waals surface area contributed by atoms with Gasteiger partial charge in [0.1, 0.15) is 0 Å². The van der Waals surface area contributed by atoms with Crippen LogP contribution in [0.25, 0.3) is 10.9 Å². The van der Waals surface area contributed by atoms with Gasteiger partial charge in [-0.15, -0.1) is 5.10 Å². The first-order valence-electron chi connectivity index (χ1n) is 3.64. The summed E-state index contributed by atoms with van der Waals surface area (Å²) >= 11 is 0. The van der Waals surface area contributed by atoms with Gasteiger partial charge in [0.15, 0.2) is 0 Å². The number of fused-ring (bicyclic) bond motifs is 1. The van der Waals surface area contributed by atoms with Crippen molar-refractivity contribution in [3.63, 3.8) is 0 Å². The fraction of sp³-hybridized carbons (Fsp3) is 0.125. The van der Waals surface area contributed by atoms with E-state index in [9.17, 15) is 4.39 Å². The average molecular weight is 165 g/mol. The second kappa shape index (κ2) is 2.57. The Hall–Kier alpha value is -1.42. The molecule has 0 spiro atoms. The Kier molecular flexibility index (Phi) is 1.55. The zero-order valence-electron chi connectivity index (χ0n) is 6.34. The number of hydrogen-bond acceptors (Lipinski definition) is 2. The van der Waals surface area contributed by atoms with Gasteiger partial charge in [0.2, 0.25) is 5.95 Å². The normalized spacial score (nSPS) is 10.8. The molecule has 3 N–H and O–H groups in total. The third kappa shape index (κ3) is 0.967. The number of halogens is 1. The minimum Gasteiger partial charge on any atom is -0.326 e. The molecule has 0 unspecified atom stereocenters. The second-order valence-corrected chi connectivity index (χ2v) is 2.60. The Balaban J connectivity index is 2.71. The lowest BCUT2D eigenvalue weighted by Crippen LogP contribution is -1.95. The Morgan fingerprint density at radius 3 is 3.08 bits per heavy atom. The minimum atomic E-state index is -0.472. The molecule has 0 radical (unpaired) electrons. The van der Waals surface area contributed by atoms with Gasteiger partial charge in [0.05, 0.1) is 10.9 Å². The number of nitrogens with zero attached hydrogens (tertiary/aromatic N) is 1. The van der Waals surface area contributed by atoms with E-state index in [0.29, 0.717) is 17.4 Å². The van der Waals surface area contributed by atoms with Crippen LogP contribution in [0.15, 0.2) is 18.2 Å². The molecule has 1 aromatic carbocycles. The van der Waals surface area contributed by atoms with Crippen molar-refractivity contribution in [2.75, 3.05) is 0 Å². The lowest BCUT2D eigenvalue weighted by atomic mass is 10.1. The van der Waals surface area contributed by atoms with Crippen LogP contribution in [-0.2, 0) is 6.54 Å². The van der Waals surface area contributed by atoms with Crippen LogP contribution < -0.4 is 5.73 Å². The van der Waals surface area contributed by atoms with Gasteiger partial charge in [-0.25, -0.2) is 0 Å². The maximum Gasteiger partial charge on any atom is 0.240 e. The molecule has 1 aromatic heterocycles. The van der Waals surface area contributed by atoms with Crippen molar-refractivity contribution < 1.29 is 4.39 Å².